The highest BCUT2D eigenvalue weighted by molar-refractivity contribution is 7.91. The molecule has 8 nitrogen and oxygen atoms in total. The van der Waals surface area contributed by atoms with E-state index < -0.39 is 27.8 Å². The van der Waals surface area contributed by atoms with Gasteiger partial charge in [0, 0.05) is 13.1 Å². The molecule has 3 heterocycles. The monoisotopic (exact) mass is 541 g/mol. The number of amides is 1. The molecule has 182 valence electrons. The van der Waals surface area contributed by atoms with Crippen molar-refractivity contribution in [3.05, 3.63) is 45.0 Å². The summed E-state index contributed by atoms with van der Waals surface area (Å²) in [6.45, 7) is 4.30. The number of hydrogen-bond acceptors (Lipinski definition) is 7. The van der Waals surface area contributed by atoms with Crippen molar-refractivity contribution in [3.63, 3.8) is 0 Å². The van der Waals surface area contributed by atoms with Gasteiger partial charge in [0.1, 0.15) is 10.8 Å². The maximum atomic E-state index is 13.2. The molecule has 0 saturated carbocycles. The largest absolute Gasteiger partial charge is 0.465 e. The van der Waals surface area contributed by atoms with Crippen LogP contribution in [0, 0.1) is 12.8 Å². The van der Waals surface area contributed by atoms with Crippen molar-refractivity contribution in [1.82, 2.24) is 8.87 Å². The molecule has 0 radical (unpaired) electrons. The Kier molecular flexibility index (Phi) is 7.58. The predicted molar refractivity (Wildman–Crippen MR) is 133 cm³/mol. The number of carbonyl (C=O) groups is 2. The Bertz CT molecular complexity index is 1410. The second-order valence-corrected chi connectivity index (χ2v) is 12.8. The number of nitrogens with zero attached hydrogens (tertiary/aromatic N) is 3. The molecule has 1 aliphatic rings. The first-order valence-electron chi connectivity index (χ1n) is 10.8. The van der Waals surface area contributed by atoms with Gasteiger partial charge in [0.25, 0.3) is 15.9 Å². The molecule has 1 saturated heterocycles. The Morgan fingerprint density at radius 2 is 2.03 bits per heavy atom. The fourth-order valence-corrected chi connectivity index (χ4v) is 8.16. The van der Waals surface area contributed by atoms with Gasteiger partial charge >= 0.3 is 5.97 Å². The van der Waals surface area contributed by atoms with E-state index in [-0.39, 0.29) is 23.9 Å². The number of carbonyl (C=O) groups excluding carboxylic acids is 2. The summed E-state index contributed by atoms with van der Waals surface area (Å²) < 4.78 is 35.6. The Labute approximate surface area is 210 Å². The van der Waals surface area contributed by atoms with E-state index in [1.165, 1.54) is 21.7 Å². The molecular weight excluding hydrogens is 518 g/mol. The maximum Gasteiger partial charge on any atom is 0.326 e. The molecular formula is C22H24ClN3O5S3. The lowest BCUT2D eigenvalue weighted by Gasteiger charge is -2.29. The second-order valence-electron chi connectivity index (χ2n) is 7.96. The molecule has 3 aromatic rings. The van der Waals surface area contributed by atoms with Crippen molar-refractivity contribution in [3.8, 4) is 0 Å². The van der Waals surface area contributed by atoms with Gasteiger partial charge in [0.05, 0.1) is 27.1 Å². The second kappa shape index (κ2) is 10.3. The van der Waals surface area contributed by atoms with E-state index in [2.05, 4.69) is 4.99 Å². The molecule has 12 heteroatoms. The first-order valence-corrected chi connectivity index (χ1v) is 14.2. The van der Waals surface area contributed by atoms with Crippen LogP contribution in [-0.2, 0) is 30.9 Å². The molecule has 1 aromatic carbocycles. The van der Waals surface area contributed by atoms with Crippen molar-refractivity contribution in [2.75, 3.05) is 19.7 Å². The number of thiazole rings is 1. The van der Waals surface area contributed by atoms with Crippen LogP contribution in [0.3, 0.4) is 0 Å². The van der Waals surface area contributed by atoms with Gasteiger partial charge in [-0.05, 0) is 56.5 Å². The van der Waals surface area contributed by atoms with E-state index in [1.807, 2.05) is 25.1 Å². The molecule has 4 rings (SSSR count). The first kappa shape index (κ1) is 25.1. The summed E-state index contributed by atoms with van der Waals surface area (Å²) in [6, 6.07) is 8.84. The number of halogens is 1. The van der Waals surface area contributed by atoms with Gasteiger partial charge in [0.2, 0.25) is 0 Å². The van der Waals surface area contributed by atoms with Gasteiger partial charge < -0.3 is 9.30 Å². The Morgan fingerprint density at radius 3 is 2.74 bits per heavy atom. The van der Waals surface area contributed by atoms with Gasteiger partial charge in [-0.2, -0.15) is 9.30 Å². The van der Waals surface area contributed by atoms with E-state index in [1.54, 1.807) is 17.6 Å². The van der Waals surface area contributed by atoms with Crippen LogP contribution in [0.2, 0.25) is 4.34 Å². The highest BCUT2D eigenvalue weighted by atomic mass is 35.5. The van der Waals surface area contributed by atoms with Crippen LogP contribution in [-0.4, -0.2) is 48.9 Å². The lowest BCUT2D eigenvalue weighted by molar-refractivity contribution is -0.143. The zero-order chi connectivity index (χ0) is 24.5. The highest BCUT2D eigenvalue weighted by Gasteiger charge is 2.34. The molecule has 1 atom stereocenters. The van der Waals surface area contributed by atoms with Crippen molar-refractivity contribution in [1.29, 1.82) is 0 Å². The van der Waals surface area contributed by atoms with Crippen molar-refractivity contribution >= 4 is 66.4 Å². The zero-order valence-corrected chi connectivity index (χ0v) is 21.9. The van der Waals surface area contributed by atoms with E-state index >= 15 is 0 Å². The van der Waals surface area contributed by atoms with Gasteiger partial charge in [-0.15, -0.1) is 11.3 Å². The van der Waals surface area contributed by atoms with Crippen LogP contribution in [0.5, 0.6) is 0 Å². The van der Waals surface area contributed by atoms with Crippen molar-refractivity contribution in [2.45, 2.75) is 37.4 Å². The minimum atomic E-state index is -3.73. The number of hydrogen-bond donors (Lipinski definition) is 0. The fourth-order valence-electron chi connectivity index (χ4n) is 3.87. The molecule has 0 aliphatic carbocycles. The molecule has 0 spiro atoms. The third-order valence-electron chi connectivity index (χ3n) is 5.51. The Balaban J connectivity index is 1.64. The minimum Gasteiger partial charge on any atom is -0.465 e. The van der Waals surface area contributed by atoms with E-state index in [0.29, 0.717) is 28.5 Å². The van der Waals surface area contributed by atoms with Crippen LogP contribution >= 0.6 is 34.3 Å². The van der Waals surface area contributed by atoms with Gasteiger partial charge in [0.15, 0.2) is 4.80 Å². The summed E-state index contributed by atoms with van der Waals surface area (Å²) in [5, 5.41) is 0. The number of aromatic nitrogens is 1. The quantitative estimate of drug-likeness (QED) is 0.442. The number of ether oxygens (including phenoxy) is 1. The highest BCUT2D eigenvalue weighted by Crippen LogP contribution is 2.31. The molecule has 0 N–H and O–H groups in total. The van der Waals surface area contributed by atoms with Crippen LogP contribution in [0.25, 0.3) is 10.2 Å². The van der Waals surface area contributed by atoms with Crippen molar-refractivity contribution in [2.24, 2.45) is 10.9 Å². The smallest absolute Gasteiger partial charge is 0.326 e. The average molecular weight is 542 g/mol. The van der Waals surface area contributed by atoms with Crippen molar-refractivity contribution < 1.29 is 22.7 Å². The summed E-state index contributed by atoms with van der Waals surface area (Å²) in [7, 11) is -3.73. The molecule has 0 bridgehead atoms. The number of benzene rings is 1. The predicted octanol–water partition coefficient (Wildman–Crippen LogP) is 3.82. The summed E-state index contributed by atoms with van der Waals surface area (Å²) in [5.41, 5.74) is 1.84. The molecule has 2 aromatic heterocycles. The number of sulfonamides is 1. The lowest BCUT2D eigenvalue weighted by Crippen LogP contribution is -2.42. The number of fused-ring (bicyclic) bond motifs is 1. The molecule has 1 amide bonds. The average Bonchev–Trinajstić information content (AvgIpc) is 3.38. The first-order chi connectivity index (χ1) is 16.2. The number of aryl methyl sites for hydroxylation is 1. The van der Waals surface area contributed by atoms with Crippen LogP contribution in [0.1, 0.15) is 25.3 Å². The van der Waals surface area contributed by atoms with Crippen LogP contribution in [0.15, 0.2) is 39.5 Å². The van der Waals surface area contributed by atoms with E-state index in [9.17, 15) is 18.0 Å². The Hall–Kier alpha value is -2.05. The summed E-state index contributed by atoms with van der Waals surface area (Å²) >= 11 is 8.24. The van der Waals surface area contributed by atoms with E-state index in [4.69, 9.17) is 16.3 Å². The topological polar surface area (TPSA) is 98.0 Å². The van der Waals surface area contributed by atoms with Gasteiger partial charge in [-0.3, -0.25) is 9.59 Å². The molecule has 1 unspecified atom stereocenters. The number of esters is 1. The summed E-state index contributed by atoms with van der Waals surface area (Å²) in [5.74, 6) is -1.38. The normalized spacial score (nSPS) is 17.9. The molecule has 1 aliphatic heterocycles. The van der Waals surface area contributed by atoms with Crippen LogP contribution in [0.4, 0.5) is 0 Å². The number of thiophene rings is 1. The minimum absolute atomic E-state index is 0.0576. The zero-order valence-electron chi connectivity index (χ0n) is 18.7. The molecule has 34 heavy (non-hydrogen) atoms. The summed E-state index contributed by atoms with van der Waals surface area (Å²) in [4.78, 5) is 30.1. The van der Waals surface area contributed by atoms with Gasteiger partial charge in [-0.1, -0.05) is 29.0 Å². The molecule has 1 fully saturated rings. The third kappa shape index (κ3) is 5.28. The SMILES string of the molecule is CCOC(=O)Cn1c(=NC(=O)C2CCCN(S(=O)(=O)c3ccc(Cl)s3)C2)sc2cc(C)ccc21. The van der Waals surface area contributed by atoms with Gasteiger partial charge in [-0.25, -0.2) is 8.42 Å². The number of rotatable bonds is 6. The van der Waals surface area contributed by atoms with Crippen LogP contribution < -0.4 is 4.80 Å². The fraction of sp³-hybridized carbons (Fsp3) is 0.409. The third-order valence-corrected chi connectivity index (χ3v) is 10.1. The Morgan fingerprint density at radius 1 is 1.24 bits per heavy atom. The number of piperidine rings is 1. The summed E-state index contributed by atoms with van der Waals surface area (Å²) in [6.07, 6.45) is 1.10. The van der Waals surface area contributed by atoms with E-state index in [0.717, 1.165) is 27.1 Å². The lowest BCUT2D eigenvalue weighted by atomic mass is 9.99. The standard InChI is InChI=1S/C22H24ClN3O5S3/c1-3-31-19(27)13-26-16-7-6-14(2)11-17(16)32-22(26)24-21(28)15-5-4-10-25(12-15)34(29,30)20-9-8-18(23)33-20/h6-9,11,15H,3-5,10,12-13H2,1-2H3. The maximum absolute atomic E-state index is 13.2.